The Labute approximate surface area is 80.5 Å². The molecule has 0 saturated heterocycles. The highest BCUT2D eigenvalue weighted by atomic mass is 19.1. The van der Waals surface area contributed by atoms with Gasteiger partial charge >= 0.3 is 5.97 Å². The summed E-state index contributed by atoms with van der Waals surface area (Å²) in [5, 5.41) is 0. The van der Waals surface area contributed by atoms with Gasteiger partial charge in [0.05, 0.1) is 7.11 Å². The van der Waals surface area contributed by atoms with Crippen LogP contribution in [-0.2, 0) is 15.2 Å². The van der Waals surface area contributed by atoms with Gasteiger partial charge in [0.25, 0.3) is 0 Å². The number of hydrogen-bond donors (Lipinski definition) is 0. The lowest BCUT2D eigenvalue weighted by Crippen LogP contribution is -2.29. The minimum atomic E-state index is -2.44. The fraction of sp³-hybridized carbons (Fsp3) is 0.300. The number of hydrogen-bond acceptors (Lipinski definition) is 2. The molecule has 14 heavy (non-hydrogen) atoms. The van der Waals surface area contributed by atoms with Crippen LogP contribution in [0.2, 0.25) is 0 Å². The van der Waals surface area contributed by atoms with Gasteiger partial charge in [-0.25, -0.2) is 13.6 Å². The second kappa shape index (κ2) is 3.74. The lowest BCUT2D eigenvalue weighted by Gasteiger charge is -2.17. The molecule has 0 aliphatic rings. The van der Waals surface area contributed by atoms with Crippen molar-refractivity contribution in [1.82, 2.24) is 0 Å². The zero-order chi connectivity index (χ0) is 10.8. The Morgan fingerprint density at radius 1 is 1.43 bits per heavy atom. The third-order valence-corrected chi connectivity index (χ3v) is 1.95. The normalized spacial score (nSPS) is 14.6. The van der Waals surface area contributed by atoms with E-state index in [2.05, 4.69) is 4.74 Å². The van der Waals surface area contributed by atoms with Crippen molar-refractivity contribution in [3.63, 3.8) is 0 Å². The van der Waals surface area contributed by atoms with Gasteiger partial charge in [0.15, 0.2) is 0 Å². The second-order valence-electron chi connectivity index (χ2n) is 2.97. The second-order valence-corrected chi connectivity index (χ2v) is 2.97. The topological polar surface area (TPSA) is 26.3 Å². The monoisotopic (exact) mass is 200 g/mol. The lowest BCUT2D eigenvalue weighted by atomic mass is 9.98. The molecular formula is C10H10F2O2. The van der Waals surface area contributed by atoms with Crippen molar-refractivity contribution < 1.29 is 18.3 Å². The van der Waals surface area contributed by atoms with Crippen molar-refractivity contribution in [2.24, 2.45) is 0 Å². The highest BCUT2D eigenvalue weighted by Crippen LogP contribution is 2.28. The quantitative estimate of drug-likeness (QED) is 0.684. The van der Waals surface area contributed by atoms with Crippen LogP contribution in [0.25, 0.3) is 0 Å². The number of benzene rings is 1. The largest absolute Gasteiger partial charge is 0.466 e. The van der Waals surface area contributed by atoms with Gasteiger partial charge in [0, 0.05) is 5.56 Å². The van der Waals surface area contributed by atoms with Crippen LogP contribution >= 0.6 is 0 Å². The number of ether oxygens (including phenoxy) is 1. The summed E-state index contributed by atoms with van der Waals surface area (Å²) in [5.41, 5.74) is -2.76. The van der Waals surface area contributed by atoms with E-state index >= 15 is 0 Å². The van der Waals surface area contributed by atoms with Gasteiger partial charge in [0.1, 0.15) is 5.82 Å². The minimum absolute atomic E-state index is 0.313. The number of carbonyl (C=O) groups is 1. The first-order valence-electron chi connectivity index (χ1n) is 4.02. The van der Waals surface area contributed by atoms with Gasteiger partial charge in [-0.3, -0.25) is 0 Å². The van der Waals surface area contributed by atoms with E-state index in [9.17, 15) is 13.6 Å². The van der Waals surface area contributed by atoms with Crippen molar-refractivity contribution in [3.05, 3.63) is 35.6 Å². The van der Waals surface area contributed by atoms with Gasteiger partial charge < -0.3 is 4.74 Å². The maximum absolute atomic E-state index is 13.8. The highest BCUT2D eigenvalue weighted by Gasteiger charge is 2.38. The lowest BCUT2D eigenvalue weighted by molar-refractivity contribution is -0.154. The van der Waals surface area contributed by atoms with Gasteiger partial charge in [-0.05, 0) is 13.0 Å². The molecule has 0 aliphatic carbocycles. The molecule has 2 nitrogen and oxygen atoms in total. The smallest absolute Gasteiger partial charge is 0.348 e. The number of alkyl halides is 1. The number of rotatable bonds is 2. The summed E-state index contributed by atoms with van der Waals surface area (Å²) in [6.07, 6.45) is 0. The van der Waals surface area contributed by atoms with E-state index in [-0.39, 0.29) is 5.56 Å². The molecule has 0 saturated carbocycles. The van der Waals surface area contributed by atoms with Crippen LogP contribution < -0.4 is 0 Å². The summed E-state index contributed by atoms with van der Waals surface area (Å²) >= 11 is 0. The Kier molecular flexibility index (Phi) is 2.84. The summed E-state index contributed by atoms with van der Waals surface area (Å²) in [6, 6.07) is 5.19. The molecule has 0 aromatic heterocycles. The molecule has 0 N–H and O–H groups in total. The van der Waals surface area contributed by atoms with E-state index in [1.807, 2.05) is 0 Å². The van der Waals surface area contributed by atoms with Crippen LogP contribution in [0.5, 0.6) is 0 Å². The number of esters is 1. The van der Waals surface area contributed by atoms with Crippen molar-refractivity contribution in [3.8, 4) is 0 Å². The number of halogens is 2. The summed E-state index contributed by atoms with van der Waals surface area (Å²) < 4.78 is 31.1. The molecule has 1 atom stereocenters. The molecule has 76 valence electrons. The molecular weight excluding hydrogens is 190 g/mol. The standard InChI is InChI=1S/C10H10F2O2/c1-10(12,9(13)14-2)7-5-3-4-6-8(7)11/h3-6H,1-2H3. The van der Waals surface area contributed by atoms with Gasteiger partial charge in [-0.1, -0.05) is 18.2 Å². The van der Waals surface area contributed by atoms with Crippen LogP contribution in [0, 0.1) is 5.82 Å². The summed E-state index contributed by atoms with van der Waals surface area (Å²) in [5.74, 6) is -1.87. The zero-order valence-electron chi connectivity index (χ0n) is 7.88. The van der Waals surface area contributed by atoms with Crippen LogP contribution in [0.4, 0.5) is 8.78 Å². The van der Waals surface area contributed by atoms with Crippen molar-refractivity contribution >= 4 is 5.97 Å². The first-order chi connectivity index (χ1) is 6.50. The Balaban J connectivity index is 3.16. The Morgan fingerprint density at radius 3 is 2.50 bits per heavy atom. The van der Waals surface area contributed by atoms with E-state index in [4.69, 9.17) is 0 Å². The molecule has 1 aromatic carbocycles. The SMILES string of the molecule is COC(=O)C(C)(F)c1ccccc1F. The predicted molar refractivity (Wildman–Crippen MR) is 46.9 cm³/mol. The summed E-state index contributed by atoms with van der Waals surface area (Å²) in [4.78, 5) is 11.0. The number of methoxy groups -OCH3 is 1. The Morgan fingerprint density at radius 2 is 2.00 bits per heavy atom. The maximum Gasteiger partial charge on any atom is 0.348 e. The van der Waals surface area contributed by atoms with Gasteiger partial charge in [-0.2, -0.15) is 0 Å². The van der Waals surface area contributed by atoms with Crippen LogP contribution in [0.1, 0.15) is 12.5 Å². The van der Waals surface area contributed by atoms with E-state index in [0.717, 1.165) is 20.1 Å². The minimum Gasteiger partial charge on any atom is -0.466 e. The summed E-state index contributed by atoms with van der Waals surface area (Å²) in [7, 11) is 1.06. The molecule has 0 radical (unpaired) electrons. The highest BCUT2D eigenvalue weighted by molar-refractivity contribution is 5.80. The van der Waals surface area contributed by atoms with Crippen molar-refractivity contribution in [2.45, 2.75) is 12.6 Å². The predicted octanol–water partition coefficient (Wildman–Crippen LogP) is 2.18. The van der Waals surface area contributed by atoms with Crippen LogP contribution in [0.3, 0.4) is 0 Å². The van der Waals surface area contributed by atoms with Crippen LogP contribution in [0.15, 0.2) is 24.3 Å². The third kappa shape index (κ3) is 1.73. The first kappa shape index (κ1) is 10.6. The van der Waals surface area contributed by atoms with E-state index in [0.29, 0.717) is 0 Å². The molecule has 0 amide bonds. The van der Waals surface area contributed by atoms with Gasteiger partial charge in [-0.15, -0.1) is 0 Å². The molecule has 0 fully saturated rings. The molecule has 0 aliphatic heterocycles. The maximum atomic E-state index is 13.8. The summed E-state index contributed by atoms with van der Waals surface area (Å²) in [6.45, 7) is 0.969. The van der Waals surface area contributed by atoms with E-state index < -0.39 is 17.5 Å². The molecule has 1 unspecified atom stereocenters. The first-order valence-corrected chi connectivity index (χ1v) is 4.02. The van der Waals surface area contributed by atoms with Gasteiger partial charge in [0.2, 0.25) is 5.67 Å². The fourth-order valence-corrected chi connectivity index (χ4v) is 1.14. The third-order valence-electron chi connectivity index (χ3n) is 1.95. The molecule has 1 aromatic rings. The van der Waals surface area contributed by atoms with Crippen molar-refractivity contribution in [2.75, 3.05) is 7.11 Å². The molecule has 1 rings (SSSR count). The average Bonchev–Trinajstić information content (AvgIpc) is 2.17. The van der Waals surface area contributed by atoms with E-state index in [1.165, 1.54) is 18.2 Å². The fourth-order valence-electron chi connectivity index (χ4n) is 1.14. The van der Waals surface area contributed by atoms with Crippen LogP contribution in [-0.4, -0.2) is 13.1 Å². The molecule has 0 bridgehead atoms. The Hall–Kier alpha value is -1.45. The van der Waals surface area contributed by atoms with E-state index in [1.54, 1.807) is 0 Å². The molecule has 0 spiro atoms. The molecule has 4 heteroatoms. The zero-order valence-corrected chi connectivity index (χ0v) is 7.88. The number of carbonyl (C=O) groups excluding carboxylic acids is 1. The Bertz CT molecular complexity index is 348. The average molecular weight is 200 g/mol. The van der Waals surface area contributed by atoms with Crippen molar-refractivity contribution in [1.29, 1.82) is 0 Å². The molecule has 0 heterocycles.